The molecule has 0 heterocycles. The van der Waals surface area contributed by atoms with Gasteiger partial charge >= 0.3 is 0 Å². The number of ether oxygens (including phenoxy) is 1. The summed E-state index contributed by atoms with van der Waals surface area (Å²) < 4.78 is 5.39. The zero-order valence-corrected chi connectivity index (χ0v) is 11.9. The van der Waals surface area contributed by atoms with Crippen LogP contribution >= 0.6 is 0 Å². The molecule has 1 fully saturated rings. The maximum absolute atomic E-state index is 12.1. The minimum atomic E-state index is 0.231. The van der Waals surface area contributed by atoms with Crippen molar-refractivity contribution in [1.29, 1.82) is 0 Å². The Morgan fingerprint density at radius 3 is 2.44 bits per heavy atom. The predicted molar refractivity (Wildman–Crippen MR) is 73.3 cm³/mol. The molecule has 1 amide bonds. The van der Waals surface area contributed by atoms with Gasteiger partial charge in [0.25, 0.3) is 0 Å². The Labute approximate surface area is 111 Å². The topological polar surface area (TPSA) is 55.6 Å². The van der Waals surface area contributed by atoms with E-state index in [0.29, 0.717) is 25.1 Å². The van der Waals surface area contributed by atoms with Crippen LogP contribution in [0.15, 0.2) is 0 Å². The molecule has 0 aliphatic heterocycles. The standard InChI is InChI=1S/C14H28N2O2/c1-3-10-18-11-9-14(17)16(4-2)13-7-5-12(15)6-8-13/h12-13H,3-11,15H2,1-2H3. The van der Waals surface area contributed by atoms with Crippen LogP contribution in [0.4, 0.5) is 0 Å². The predicted octanol–water partition coefficient (Wildman–Crippen LogP) is 1.92. The van der Waals surface area contributed by atoms with Crippen molar-refractivity contribution in [3.8, 4) is 0 Å². The van der Waals surface area contributed by atoms with Crippen LogP contribution in [-0.4, -0.2) is 42.6 Å². The lowest BCUT2D eigenvalue weighted by atomic mass is 9.90. The van der Waals surface area contributed by atoms with Crippen molar-refractivity contribution in [2.75, 3.05) is 19.8 Å². The average Bonchev–Trinajstić information content (AvgIpc) is 2.38. The highest BCUT2D eigenvalue weighted by atomic mass is 16.5. The molecule has 0 spiro atoms. The number of amides is 1. The molecule has 1 rings (SSSR count). The van der Waals surface area contributed by atoms with Crippen LogP contribution in [0.25, 0.3) is 0 Å². The summed E-state index contributed by atoms with van der Waals surface area (Å²) in [4.78, 5) is 14.1. The molecular formula is C14H28N2O2. The fourth-order valence-corrected chi connectivity index (χ4v) is 2.60. The lowest BCUT2D eigenvalue weighted by molar-refractivity contribution is -0.135. The van der Waals surface area contributed by atoms with E-state index >= 15 is 0 Å². The maximum atomic E-state index is 12.1. The highest BCUT2D eigenvalue weighted by molar-refractivity contribution is 5.76. The van der Waals surface area contributed by atoms with E-state index in [-0.39, 0.29) is 5.91 Å². The molecule has 0 radical (unpaired) electrons. The molecule has 1 saturated carbocycles. The van der Waals surface area contributed by atoms with E-state index in [0.717, 1.165) is 45.3 Å². The van der Waals surface area contributed by atoms with E-state index in [4.69, 9.17) is 10.5 Å². The Morgan fingerprint density at radius 2 is 1.89 bits per heavy atom. The molecule has 106 valence electrons. The van der Waals surface area contributed by atoms with Crippen molar-refractivity contribution in [1.82, 2.24) is 4.90 Å². The largest absolute Gasteiger partial charge is 0.381 e. The molecule has 2 N–H and O–H groups in total. The molecule has 0 aromatic rings. The highest BCUT2D eigenvalue weighted by Gasteiger charge is 2.26. The lowest BCUT2D eigenvalue weighted by Crippen LogP contribution is -2.44. The van der Waals surface area contributed by atoms with Gasteiger partial charge in [-0.15, -0.1) is 0 Å². The van der Waals surface area contributed by atoms with Gasteiger partial charge in [0.2, 0.25) is 5.91 Å². The summed E-state index contributed by atoms with van der Waals surface area (Å²) in [5, 5.41) is 0. The van der Waals surface area contributed by atoms with Crippen LogP contribution in [0.1, 0.15) is 52.4 Å². The first-order valence-electron chi connectivity index (χ1n) is 7.31. The first-order valence-corrected chi connectivity index (χ1v) is 7.31. The molecule has 18 heavy (non-hydrogen) atoms. The Balaban J connectivity index is 2.32. The second kappa shape index (κ2) is 8.48. The fraction of sp³-hybridized carbons (Fsp3) is 0.929. The van der Waals surface area contributed by atoms with Gasteiger partial charge in [0, 0.05) is 25.2 Å². The molecule has 0 unspecified atom stereocenters. The molecule has 0 aromatic heterocycles. The second-order valence-corrected chi connectivity index (χ2v) is 5.11. The molecule has 1 aliphatic rings. The van der Waals surface area contributed by atoms with Crippen LogP contribution in [0.2, 0.25) is 0 Å². The number of carbonyl (C=O) groups excluding carboxylic acids is 1. The second-order valence-electron chi connectivity index (χ2n) is 5.11. The van der Waals surface area contributed by atoms with E-state index in [1.54, 1.807) is 0 Å². The normalized spacial score (nSPS) is 23.9. The summed E-state index contributed by atoms with van der Waals surface area (Å²) >= 11 is 0. The molecule has 0 bridgehead atoms. The Bertz CT molecular complexity index is 238. The first-order chi connectivity index (χ1) is 8.69. The summed E-state index contributed by atoms with van der Waals surface area (Å²) in [6.07, 6.45) is 5.71. The van der Waals surface area contributed by atoms with E-state index < -0.39 is 0 Å². The van der Waals surface area contributed by atoms with Crippen LogP contribution in [0.5, 0.6) is 0 Å². The van der Waals surface area contributed by atoms with Crippen molar-refractivity contribution in [3.05, 3.63) is 0 Å². The molecule has 4 nitrogen and oxygen atoms in total. The van der Waals surface area contributed by atoms with Gasteiger partial charge in [0.15, 0.2) is 0 Å². The minimum Gasteiger partial charge on any atom is -0.381 e. The van der Waals surface area contributed by atoms with Crippen LogP contribution in [0, 0.1) is 0 Å². The highest BCUT2D eigenvalue weighted by Crippen LogP contribution is 2.22. The van der Waals surface area contributed by atoms with E-state index in [9.17, 15) is 4.79 Å². The summed E-state index contributed by atoms with van der Waals surface area (Å²) in [7, 11) is 0. The zero-order valence-electron chi connectivity index (χ0n) is 11.9. The van der Waals surface area contributed by atoms with Crippen molar-refractivity contribution < 1.29 is 9.53 Å². The third kappa shape index (κ3) is 4.94. The number of carbonyl (C=O) groups is 1. The van der Waals surface area contributed by atoms with Gasteiger partial charge in [0.1, 0.15) is 0 Å². The molecule has 4 heteroatoms. The summed E-state index contributed by atoms with van der Waals surface area (Å²) in [6.45, 7) is 6.23. The lowest BCUT2D eigenvalue weighted by Gasteiger charge is -2.35. The Kier molecular flexibility index (Phi) is 7.28. The number of hydrogen-bond acceptors (Lipinski definition) is 3. The number of nitrogens with two attached hydrogens (primary N) is 1. The molecular weight excluding hydrogens is 228 g/mol. The van der Waals surface area contributed by atoms with Gasteiger partial charge in [-0.25, -0.2) is 0 Å². The Morgan fingerprint density at radius 1 is 1.22 bits per heavy atom. The van der Waals surface area contributed by atoms with E-state index in [1.165, 1.54) is 0 Å². The molecule has 0 saturated heterocycles. The van der Waals surface area contributed by atoms with E-state index in [2.05, 4.69) is 13.8 Å². The van der Waals surface area contributed by atoms with E-state index in [1.807, 2.05) is 4.90 Å². The van der Waals surface area contributed by atoms with Crippen molar-refractivity contribution in [2.24, 2.45) is 5.73 Å². The van der Waals surface area contributed by atoms with Crippen molar-refractivity contribution >= 4 is 5.91 Å². The van der Waals surface area contributed by atoms with Gasteiger partial charge in [-0.05, 0) is 39.0 Å². The molecule has 0 atom stereocenters. The smallest absolute Gasteiger partial charge is 0.225 e. The summed E-state index contributed by atoms with van der Waals surface area (Å²) in [5.41, 5.74) is 5.90. The van der Waals surface area contributed by atoms with Crippen LogP contribution in [0.3, 0.4) is 0 Å². The van der Waals surface area contributed by atoms with Crippen molar-refractivity contribution in [2.45, 2.75) is 64.5 Å². The maximum Gasteiger partial charge on any atom is 0.225 e. The number of nitrogens with zero attached hydrogens (tertiary/aromatic N) is 1. The minimum absolute atomic E-state index is 0.231. The number of hydrogen-bond donors (Lipinski definition) is 1. The van der Waals surface area contributed by atoms with Crippen LogP contribution in [-0.2, 0) is 9.53 Å². The summed E-state index contributed by atoms with van der Waals surface area (Å²) in [5.74, 6) is 0.231. The molecule has 1 aliphatic carbocycles. The third-order valence-corrected chi connectivity index (χ3v) is 3.65. The van der Waals surface area contributed by atoms with Crippen molar-refractivity contribution in [3.63, 3.8) is 0 Å². The Hall–Kier alpha value is -0.610. The van der Waals surface area contributed by atoms with Gasteiger partial charge in [-0.1, -0.05) is 6.92 Å². The van der Waals surface area contributed by atoms with Gasteiger partial charge in [-0.3, -0.25) is 4.79 Å². The third-order valence-electron chi connectivity index (χ3n) is 3.65. The van der Waals surface area contributed by atoms with Crippen LogP contribution < -0.4 is 5.73 Å². The SMILES string of the molecule is CCCOCCC(=O)N(CC)C1CCC(N)CC1. The van der Waals surface area contributed by atoms with Gasteiger partial charge < -0.3 is 15.4 Å². The monoisotopic (exact) mass is 256 g/mol. The van der Waals surface area contributed by atoms with Gasteiger partial charge in [-0.2, -0.15) is 0 Å². The van der Waals surface area contributed by atoms with Gasteiger partial charge in [0.05, 0.1) is 13.0 Å². The summed E-state index contributed by atoms with van der Waals surface area (Å²) in [6, 6.07) is 0.733. The number of rotatable bonds is 7. The first kappa shape index (κ1) is 15.4. The fourth-order valence-electron chi connectivity index (χ4n) is 2.60. The zero-order chi connectivity index (χ0) is 13.4. The average molecular weight is 256 g/mol. The molecule has 0 aromatic carbocycles. The quantitative estimate of drug-likeness (QED) is 0.708.